The van der Waals surface area contributed by atoms with E-state index in [1.54, 1.807) is 0 Å². The molecule has 0 saturated heterocycles. The van der Waals surface area contributed by atoms with Gasteiger partial charge in [-0.05, 0) is 57.3 Å². The first-order chi connectivity index (χ1) is 15.3. The lowest BCUT2D eigenvalue weighted by Gasteiger charge is -2.17. The summed E-state index contributed by atoms with van der Waals surface area (Å²) in [5, 5.41) is 6.18. The lowest BCUT2D eigenvalue weighted by Crippen LogP contribution is -1.92. The van der Waals surface area contributed by atoms with Crippen LogP contribution in [0.3, 0.4) is 0 Å². The number of nitrogens with zero attached hydrogens (tertiary/aromatic N) is 1. The van der Waals surface area contributed by atoms with Crippen LogP contribution < -0.4 is 0 Å². The number of hydrogen-bond acceptors (Lipinski definition) is 1. The van der Waals surface area contributed by atoms with E-state index in [4.69, 9.17) is 4.98 Å². The third-order valence-electron chi connectivity index (χ3n) is 6.16. The van der Waals surface area contributed by atoms with Crippen molar-refractivity contribution in [2.24, 2.45) is 0 Å². The van der Waals surface area contributed by atoms with Gasteiger partial charge < -0.3 is 0 Å². The summed E-state index contributed by atoms with van der Waals surface area (Å²) in [5.74, 6) is 0. The highest BCUT2D eigenvalue weighted by atomic mass is 14.7. The van der Waals surface area contributed by atoms with Gasteiger partial charge in [0.15, 0.2) is 0 Å². The van der Waals surface area contributed by atoms with Gasteiger partial charge in [0.25, 0.3) is 0 Å². The second kappa shape index (κ2) is 7.07. The molecule has 0 radical (unpaired) electrons. The smallest absolute Gasteiger partial charge is 0.0792 e. The molecular formula is C30H21N. The van der Waals surface area contributed by atoms with Crippen molar-refractivity contribution in [3.05, 3.63) is 115 Å². The zero-order valence-corrected chi connectivity index (χ0v) is 17.3. The fourth-order valence-corrected chi connectivity index (χ4v) is 4.67. The van der Waals surface area contributed by atoms with E-state index in [0.717, 1.165) is 5.52 Å². The molecule has 0 spiro atoms. The van der Waals surface area contributed by atoms with Gasteiger partial charge in [0, 0.05) is 17.1 Å². The number of rotatable bonds is 2. The molecule has 0 aliphatic heterocycles. The van der Waals surface area contributed by atoms with Crippen LogP contribution in [-0.4, -0.2) is 4.98 Å². The second-order valence-electron chi connectivity index (χ2n) is 8.12. The van der Waals surface area contributed by atoms with Gasteiger partial charge in [-0.15, -0.1) is 0 Å². The third-order valence-corrected chi connectivity index (χ3v) is 6.16. The molecule has 1 heterocycles. The Hall–Kier alpha value is -3.97. The highest BCUT2D eigenvalue weighted by Crippen LogP contribution is 2.43. The van der Waals surface area contributed by atoms with Crippen LogP contribution in [0.25, 0.3) is 54.7 Å². The van der Waals surface area contributed by atoms with Gasteiger partial charge in [-0.2, -0.15) is 0 Å². The zero-order chi connectivity index (χ0) is 20.8. The first-order valence-corrected chi connectivity index (χ1v) is 10.7. The molecule has 0 N–H and O–H groups in total. The van der Waals surface area contributed by atoms with Crippen LogP contribution >= 0.6 is 0 Å². The van der Waals surface area contributed by atoms with Crippen LogP contribution in [0.1, 0.15) is 5.56 Å². The first kappa shape index (κ1) is 17.9. The largest absolute Gasteiger partial charge is 0.256 e. The van der Waals surface area contributed by atoms with Crippen molar-refractivity contribution in [1.29, 1.82) is 0 Å². The molecular weight excluding hydrogens is 374 g/mol. The van der Waals surface area contributed by atoms with E-state index in [1.165, 1.54) is 54.7 Å². The Morgan fingerprint density at radius 3 is 1.97 bits per heavy atom. The van der Waals surface area contributed by atoms with E-state index < -0.39 is 0 Å². The zero-order valence-electron chi connectivity index (χ0n) is 17.3. The van der Waals surface area contributed by atoms with Crippen LogP contribution in [0.4, 0.5) is 0 Å². The van der Waals surface area contributed by atoms with Crippen molar-refractivity contribution >= 4 is 32.4 Å². The molecule has 0 amide bonds. The van der Waals surface area contributed by atoms with Crippen molar-refractivity contribution in [2.45, 2.75) is 6.92 Å². The van der Waals surface area contributed by atoms with Gasteiger partial charge in [-0.3, -0.25) is 4.98 Å². The maximum absolute atomic E-state index is 4.89. The SMILES string of the molecule is Cc1ccc(-c2c3ccccc3c(-c3ccc4ccccc4c3)c3ncccc23)cc1. The number of hydrogen-bond donors (Lipinski definition) is 0. The lowest BCUT2D eigenvalue weighted by atomic mass is 9.87. The van der Waals surface area contributed by atoms with Gasteiger partial charge in [-0.1, -0.05) is 96.6 Å². The molecule has 6 aromatic rings. The van der Waals surface area contributed by atoms with Gasteiger partial charge in [0.1, 0.15) is 0 Å². The van der Waals surface area contributed by atoms with Crippen LogP contribution in [0.5, 0.6) is 0 Å². The maximum atomic E-state index is 4.89. The molecule has 0 fully saturated rings. The molecule has 1 heteroatoms. The molecule has 1 nitrogen and oxygen atoms in total. The topological polar surface area (TPSA) is 12.9 Å². The van der Waals surface area contributed by atoms with Crippen LogP contribution in [-0.2, 0) is 0 Å². The van der Waals surface area contributed by atoms with Crippen molar-refractivity contribution < 1.29 is 0 Å². The first-order valence-electron chi connectivity index (χ1n) is 10.7. The molecule has 0 bridgehead atoms. The molecule has 0 saturated carbocycles. The summed E-state index contributed by atoms with van der Waals surface area (Å²) < 4.78 is 0. The number of fused-ring (bicyclic) bond motifs is 3. The van der Waals surface area contributed by atoms with E-state index in [1.807, 2.05) is 12.3 Å². The summed E-state index contributed by atoms with van der Waals surface area (Å²) in [4.78, 5) is 4.89. The lowest BCUT2D eigenvalue weighted by molar-refractivity contribution is 1.42. The van der Waals surface area contributed by atoms with Crippen molar-refractivity contribution in [1.82, 2.24) is 4.98 Å². The highest BCUT2D eigenvalue weighted by Gasteiger charge is 2.17. The summed E-state index contributed by atoms with van der Waals surface area (Å²) >= 11 is 0. The molecule has 1 aromatic heterocycles. The van der Waals surface area contributed by atoms with Gasteiger partial charge in [-0.25, -0.2) is 0 Å². The van der Waals surface area contributed by atoms with Gasteiger partial charge in [0.2, 0.25) is 0 Å². The predicted octanol–water partition coefficient (Wildman–Crippen LogP) is 8.18. The number of pyridine rings is 1. The highest BCUT2D eigenvalue weighted by molar-refractivity contribution is 6.20. The van der Waals surface area contributed by atoms with Gasteiger partial charge in [0.05, 0.1) is 5.52 Å². The van der Waals surface area contributed by atoms with Crippen molar-refractivity contribution in [3.63, 3.8) is 0 Å². The Kier molecular flexibility index (Phi) is 4.07. The Balaban J connectivity index is 1.76. The molecule has 0 aliphatic rings. The van der Waals surface area contributed by atoms with E-state index in [-0.39, 0.29) is 0 Å². The summed E-state index contributed by atoms with van der Waals surface area (Å²) in [7, 11) is 0. The standard InChI is InChI=1S/C30H21N/c1-20-12-14-22(15-13-20)28-25-9-4-5-10-26(25)29(30-27(28)11-6-18-31-30)24-17-16-21-7-2-3-8-23(21)19-24/h2-19H,1H3. The van der Waals surface area contributed by atoms with Crippen LogP contribution in [0, 0.1) is 6.92 Å². The monoisotopic (exact) mass is 395 g/mol. The number of aryl methyl sites for hydroxylation is 1. The van der Waals surface area contributed by atoms with Crippen molar-refractivity contribution in [3.8, 4) is 22.3 Å². The molecule has 146 valence electrons. The Labute approximate surface area is 181 Å². The van der Waals surface area contributed by atoms with Crippen LogP contribution in [0.15, 0.2) is 109 Å². The van der Waals surface area contributed by atoms with Crippen molar-refractivity contribution in [2.75, 3.05) is 0 Å². The maximum Gasteiger partial charge on any atom is 0.0792 e. The molecule has 0 aliphatic carbocycles. The quantitative estimate of drug-likeness (QED) is 0.269. The summed E-state index contributed by atoms with van der Waals surface area (Å²) in [6.07, 6.45) is 1.90. The summed E-state index contributed by atoms with van der Waals surface area (Å²) in [6.45, 7) is 2.13. The summed E-state index contributed by atoms with van der Waals surface area (Å²) in [6, 6.07) is 37.0. The molecule has 31 heavy (non-hydrogen) atoms. The fourth-order valence-electron chi connectivity index (χ4n) is 4.67. The van der Waals surface area contributed by atoms with E-state index in [9.17, 15) is 0 Å². The minimum absolute atomic E-state index is 1.05. The minimum Gasteiger partial charge on any atom is -0.256 e. The van der Waals surface area contributed by atoms with E-state index >= 15 is 0 Å². The normalized spacial score (nSPS) is 11.4. The molecule has 0 atom stereocenters. The average Bonchev–Trinajstić information content (AvgIpc) is 2.83. The van der Waals surface area contributed by atoms with Gasteiger partial charge >= 0.3 is 0 Å². The Bertz CT molecular complexity index is 1520. The molecule has 5 aromatic carbocycles. The Morgan fingerprint density at radius 1 is 0.516 bits per heavy atom. The van der Waals surface area contributed by atoms with Crippen LogP contribution in [0.2, 0.25) is 0 Å². The Morgan fingerprint density at radius 2 is 1.16 bits per heavy atom. The third kappa shape index (κ3) is 2.90. The number of benzene rings is 5. The van der Waals surface area contributed by atoms with E-state index in [0.29, 0.717) is 0 Å². The summed E-state index contributed by atoms with van der Waals surface area (Å²) in [5.41, 5.74) is 7.20. The van der Waals surface area contributed by atoms with E-state index in [2.05, 4.69) is 104 Å². The minimum atomic E-state index is 1.05. The fraction of sp³-hybridized carbons (Fsp3) is 0.0333. The average molecular weight is 396 g/mol. The molecule has 6 rings (SSSR count). The molecule has 0 unspecified atom stereocenters. The second-order valence-corrected chi connectivity index (χ2v) is 8.12. The number of aromatic nitrogens is 1. The predicted molar refractivity (Wildman–Crippen MR) is 132 cm³/mol.